The molecule has 60 heavy (non-hydrogen) atoms. The zero-order valence-corrected chi connectivity index (χ0v) is 38.4. The number of hydrogen-bond donors (Lipinski definition) is 6. The molecule has 0 saturated heterocycles. The van der Waals surface area contributed by atoms with Crippen LogP contribution in [-0.4, -0.2) is 125 Å². The van der Waals surface area contributed by atoms with Crippen LogP contribution in [0.1, 0.15) is 169 Å². The molecule has 1 atom stereocenters. The second-order valence-electron chi connectivity index (χ2n) is 17.0. The summed E-state index contributed by atoms with van der Waals surface area (Å²) in [4.78, 5) is 59.2. The Kier molecular flexibility index (Phi) is 38.3. The number of carbonyl (C=O) groups excluding carboxylic acids is 4. The van der Waals surface area contributed by atoms with Crippen LogP contribution in [0.3, 0.4) is 0 Å². The van der Waals surface area contributed by atoms with Gasteiger partial charge >= 0.3 is 5.97 Å². The smallest absolute Gasteiger partial charge is 0.303 e. The molecule has 352 valence electrons. The highest BCUT2D eigenvalue weighted by molar-refractivity contribution is 5.82. The topological polar surface area (TPSA) is 203 Å². The summed E-state index contributed by atoms with van der Waals surface area (Å²) in [6.45, 7) is 14.2. The van der Waals surface area contributed by atoms with Gasteiger partial charge in [0.15, 0.2) is 0 Å². The molecule has 0 aromatic rings. The van der Waals surface area contributed by atoms with Crippen molar-refractivity contribution in [3.63, 3.8) is 0 Å². The van der Waals surface area contributed by atoms with E-state index in [0.717, 1.165) is 44.9 Å². The van der Waals surface area contributed by atoms with E-state index < -0.39 is 5.97 Å². The monoisotopic (exact) mass is 858 g/mol. The summed E-state index contributed by atoms with van der Waals surface area (Å²) >= 11 is 0. The molecule has 15 nitrogen and oxygen atoms in total. The molecule has 0 aromatic heterocycles. The van der Waals surface area contributed by atoms with Crippen LogP contribution in [-0.2, 0) is 42.9 Å². The first-order valence-corrected chi connectivity index (χ1v) is 23.2. The first kappa shape index (κ1) is 57.1. The van der Waals surface area contributed by atoms with E-state index in [1.165, 1.54) is 57.8 Å². The largest absolute Gasteiger partial charge is 0.481 e. The van der Waals surface area contributed by atoms with E-state index in [9.17, 15) is 24.0 Å². The Hall–Kier alpha value is -2.85. The Bertz CT molecular complexity index is 1090. The van der Waals surface area contributed by atoms with Crippen molar-refractivity contribution in [2.75, 3.05) is 72.5 Å². The van der Waals surface area contributed by atoms with Crippen molar-refractivity contribution >= 4 is 29.6 Å². The standard InChI is InChI=1S/C45H87N5O10/c1-38(2)49-39(44(56)50-45(3,4)5)22-20-21-27-46-41(52)25-30-57-34-37-60-33-29-48-42(53)26-31-58-35-36-59-32-28-47-40(51)23-18-16-14-12-10-8-6-7-9-11-13-15-17-19-24-43(54)55/h38-39,49H,6-37H2,1-5H3,(H,46,52)(H,47,51)(H,48,53)(H,50,56)(H,54,55). The Labute approximate surface area is 363 Å². The van der Waals surface area contributed by atoms with Crippen molar-refractivity contribution in [1.29, 1.82) is 0 Å². The van der Waals surface area contributed by atoms with Crippen molar-refractivity contribution in [3.05, 3.63) is 0 Å². The van der Waals surface area contributed by atoms with E-state index in [-0.39, 0.29) is 54.1 Å². The second-order valence-corrected chi connectivity index (χ2v) is 17.0. The van der Waals surface area contributed by atoms with Crippen LogP contribution in [0.15, 0.2) is 0 Å². The van der Waals surface area contributed by atoms with Crippen molar-refractivity contribution in [2.45, 2.75) is 187 Å². The van der Waals surface area contributed by atoms with Gasteiger partial charge in [0, 0.05) is 56.9 Å². The fraction of sp³-hybridized carbons (Fsp3) is 0.889. The van der Waals surface area contributed by atoms with Gasteiger partial charge in [-0.1, -0.05) is 90.9 Å². The maximum Gasteiger partial charge on any atom is 0.303 e. The van der Waals surface area contributed by atoms with Crippen LogP contribution in [0, 0.1) is 0 Å². The lowest BCUT2D eigenvalue weighted by Gasteiger charge is -2.26. The van der Waals surface area contributed by atoms with Gasteiger partial charge < -0.3 is 50.6 Å². The lowest BCUT2D eigenvalue weighted by Crippen LogP contribution is -2.52. The summed E-state index contributed by atoms with van der Waals surface area (Å²) < 4.78 is 21.9. The number of amides is 4. The number of hydrogen-bond acceptors (Lipinski definition) is 10. The zero-order valence-electron chi connectivity index (χ0n) is 38.4. The number of rotatable bonds is 43. The molecule has 0 rings (SSSR count). The summed E-state index contributed by atoms with van der Waals surface area (Å²) in [5.74, 6) is -0.821. The van der Waals surface area contributed by atoms with Gasteiger partial charge in [-0.25, -0.2) is 0 Å². The fourth-order valence-corrected chi connectivity index (χ4v) is 6.30. The quantitative estimate of drug-likeness (QED) is 0.0395. The third-order valence-corrected chi connectivity index (χ3v) is 9.46. The van der Waals surface area contributed by atoms with E-state index in [2.05, 4.69) is 26.6 Å². The van der Waals surface area contributed by atoms with Gasteiger partial charge in [0.1, 0.15) is 0 Å². The highest BCUT2D eigenvalue weighted by Gasteiger charge is 2.23. The number of carbonyl (C=O) groups is 5. The Balaban J connectivity index is 3.47. The first-order valence-electron chi connectivity index (χ1n) is 23.2. The minimum Gasteiger partial charge on any atom is -0.481 e. The number of unbranched alkanes of at least 4 members (excludes halogenated alkanes) is 14. The molecule has 0 bridgehead atoms. The van der Waals surface area contributed by atoms with Crippen LogP contribution in [0.5, 0.6) is 0 Å². The maximum atomic E-state index is 12.6. The maximum absolute atomic E-state index is 12.6. The SMILES string of the molecule is CC(C)NC(CCCCNC(=O)CCOCCOCCNC(=O)CCOCCOCCNC(=O)CCCCCCCCCCCCCCCCC(=O)O)C(=O)NC(C)(C)C. The van der Waals surface area contributed by atoms with Crippen molar-refractivity contribution < 1.29 is 48.0 Å². The lowest BCUT2D eigenvalue weighted by molar-refractivity contribution is -0.137. The predicted octanol–water partition coefficient (Wildman–Crippen LogP) is 5.96. The number of nitrogens with one attached hydrogen (secondary N) is 5. The van der Waals surface area contributed by atoms with Crippen LogP contribution in [0.4, 0.5) is 0 Å². The molecule has 6 N–H and O–H groups in total. The highest BCUT2D eigenvalue weighted by atomic mass is 16.5. The van der Waals surface area contributed by atoms with E-state index in [0.29, 0.717) is 91.8 Å². The van der Waals surface area contributed by atoms with Crippen LogP contribution < -0.4 is 26.6 Å². The average molecular weight is 858 g/mol. The molecule has 1 unspecified atom stereocenters. The summed E-state index contributed by atoms with van der Waals surface area (Å²) in [6.07, 6.45) is 19.9. The van der Waals surface area contributed by atoms with Crippen molar-refractivity contribution in [1.82, 2.24) is 26.6 Å². The van der Waals surface area contributed by atoms with E-state index >= 15 is 0 Å². The molecule has 0 heterocycles. The van der Waals surface area contributed by atoms with E-state index in [1.807, 2.05) is 34.6 Å². The average Bonchev–Trinajstić information content (AvgIpc) is 3.17. The van der Waals surface area contributed by atoms with Crippen LogP contribution >= 0.6 is 0 Å². The first-order chi connectivity index (χ1) is 28.8. The predicted molar refractivity (Wildman–Crippen MR) is 237 cm³/mol. The number of ether oxygens (including phenoxy) is 4. The van der Waals surface area contributed by atoms with Crippen molar-refractivity contribution in [3.8, 4) is 0 Å². The van der Waals surface area contributed by atoms with E-state index in [1.54, 1.807) is 0 Å². The molecule has 0 saturated carbocycles. The molecule has 0 aromatic carbocycles. The van der Waals surface area contributed by atoms with E-state index in [4.69, 9.17) is 24.1 Å². The molecule has 0 aliphatic rings. The Morgan fingerprint density at radius 2 is 0.850 bits per heavy atom. The van der Waals surface area contributed by atoms with Crippen LogP contribution in [0.25, 0.3) is 0 Å². The van der Waals surface area contributed by atoms with Gasteiger partial charge in [-0.15, -0.1) is 0 Å². The van der Waals surface area contributed by atoms with Gasteiger partial charge in [0.2, 0.25) is 23.6 Å². The van der Waals surface area contributed by atoms with Gasteiger partial charge in [-0.05, 0) is 52.9 Å². The van der Waals surface area contributed by atoms with Crippen molar-refractivity contribution in [2.24, 2.45) is 0 Å². The molecule has 0 fully saturated rings. The Morgan fingerprint density at radius 1 is 0.467 bits per heavy atom. The minimum atomic E-state index is -0.691. The highest BCUT2D eigenvalue weighted by Crippen LogP contribution is 2.14. The summed E-state index contributed by atoms with van der Waals surface area (Å²) in [6, 6.07) is -0.0620. The molecule has 0 aliphatic carbocycles. The molecular weight excluding hydrogens is 771 g/mol. The van der Waals surface area contributed by atoms with Gasteiger partial charge in [-0.3, -0.25) is 24.0 Å². The normalized spacial score (nSPS) is 12.0. The van der Waals surface area contributed by atoms with Gasteiger partial charge in [0.05, 0.1) is 58.9 Å². The van der Waals surface area contributed by atoms with Crippen LogP contribution in [0.2, 0.25) is 0 Å². The lowest BCUT2D eigenvalue weighted by atomic mass is 10.0. The third-order valence-electron chi connectivity index (χ3n) is 9.46. The molecule has 4 amide bonds. The summed E-state index contributed by atoms with van der Waals surface area (Å²) in [7, 11) is 0. The molecular formula is C45H87N5O10. The molecule has 15 heteroatoms. The summed E-state index contributed by atoms with van der Waals surface area (Å²) in [5.41, 5.74) is -0.285. The van der Waals surface area contributed by atoms with Gasteiger partial charge in [0.25, 0.3) is 0 Å². The second kappa shape index (κ2) is 40.2. The Morgan fingerprint density at radius 3 is 1.27 bits per heavy atom. The fourth-order valence-electron chi connectivity index (χ4n) is 6.30. The third kappa shape index (κ3) is 43.2. The number of carboxylic acids is 1. The summed E-state index contributed by atoms with van der Waals surface area (Å²) in [5, 5.41) is 23.6. The molecule has 0 radical (unpaired) electrons. The molecule has 0 aliphatic heterocycles. The number of aliphatic carboxylic acids is 1. The zero-order chi connectivity index (χ0) is 44.5. The molecule has 0 spiro atoms. The number of carboxylic acid groups (broad SMARTS) is 1. The minimum absolute atomic E-state index is 0.000942. The van der Waals surface area contributed by atoms with Gasteiger partial charge in [-0.2, -0.15) is 0 Å².